The Morgan fingerprint density at radius 2 is 1.84 bits per heavy atom. The second-order valence-electron chi connectivity index (χ2n) is 5.38. The van der Waals surface area contributed by atoms with Gasteiger partial charge in [0.25, 0.3) is 0 Å². The van der Waals surface area contributed by atoms with Crippen molar-refractivity contribution >= 4 is 27.9 Å². The lowest BCUT2D eigenvalue weighted by Crippen LogP contribution is -2.24. The third-order valence-electron chi connectivity index (χ3n) is 3.61. The van der Waals surface area contributed by atoms with Crippen LogP contribution in [0.5, 0.6) is 11.5 Å². The minimum atomic E-state index is -0.449. The highest BCUT2D eigenvalue weighted by atomic mass is 79.9. The molecule has 25 heavy (non-hydrogen) atoms. The predicted octanol–water partition coefficient (Wildman–Crippen LogP) is 4.28. The molecule has 0 aliphatic carbocycles. The summed E-state index contributed by atoms with van der Waals surface area (Å²) in [7, 11) is 4.65. The number of benzene rings is 2. The van der Waals surface area contributed by atoms with Gasteiger partial charge in [-0.25, -0.2) is 4.39 Å². The van der Waals surface area contributed by atoms with Gasteiger partial charge in [-0.3, -0.25) is 4.79 Å². The van der Waals surface area contributed by atoms with Gasteiger partial charge in [0, 0.05) is 29.7 Å². The van der Waals surface area contributed by atoms with Crippen molar-refractivity contribution in [1.82, 2.24) is 4.90 Å². The molecule has 2 rings (SSSR count). The van der Waals surface area contributed by atoms with Crippen LogP contribution in [0.4, 0.5) is 4.39 Å². The third kappa shape index (κ3) is 5.06. The first-order valence-electron chi connectivity index (χ1n) is 7.53. The molecule has 0 aliphatic rings. The highest BCUT2D eigenvalue weighted by Gasteiger charge is 2.09. The zero-order valence-electron chi connectivity index (χ0n) is 14.3. The molecule has 6 heteroatoms. The highest BCUT2D eigenvalue weighted by molar-refractivity contribution is 9.10. The maximum atomic E-state index is 13.7. The lowest BCUT2D eigenvalue weighted by atomic mass is 10.1. The summed E-state index contributed by atoms with van der Waals surface area (Å²) in [6.07, 6.45) is 3.15. The average molecular weight is 408 g/mol. The topological polar surface area (TPSA) is 38.8 Å². The summed E-state index contributed by atoms with van der Waals surface area (Å²) >= 11 is 3.39. The van der Waals surface area contributed by atoms with Gasteiger partial charge in [0.05, 0.1) is 14.2 Å². The molecule has 1 amide bonds. The molecule has 0 spiro atoms. The normalized spacial score (nSPS) is 10.8. The van der Waals surface area contributed by atoms with Gasteiger partial charge < -0.3 is 14.4 Å². The zero-order valence-corrected chi connectivity index (χ0v) is 15.8. The molecule has 2 aromatic carbocycles. The van der Waals surface area contributed by atoms with Gasteiger partial charge in [-0.15, -0.1) is 0 Å². The van der Waals surface area contributed by atoms with E-state index in [1.54, 1.807) is 32.4 Å². The van der Waals surface area contributed by atoms with Crippen LogP contribution >= 0.6 is 15.9 Å². The summed E-state index contributed by atoms with van der Waals surface area (Å²) < 4.78 is 24.8. The number of carbonyl (C=O) groups is 1. The Morgan fingerprint density at radius 3 is 2.48 bits per heavy atom. The zero-order chi connectivity index (χ0) is 18.4. The number of rotatable bonds is 6. The van der Waals surface area contributed by atoms with E-state index < -0.39 is 5.82 Å². The summed E-state index contributed by atoms with van der Waals surface area (Å²) in [6, 6.07) is 10.2. The minimum Gasteiger partial charge on any atom is -0.496 e. The molecule has 0 heterocycles. The van der Waals surface area contributed by atoms with Gasteiger partial charge in [0.2, 0.25) is 5.91 Å². The molecule has 0 aliphatic heterocycles. The second-order valence-corrected chi connectivity index (χ2v) is 6.30. The Labute approximate surface area is 155 Å². The molecule has 0 fully saturated rings. The van der Waals surface area contributed by atoms with E-state index in [0.717, 1.165) is 10.0 Å². The van der Waals surface area contributed by atoms with Crippen molar-refractivity contribution in [3.63, 3.8) is 0 Å². The predicted molar refractivity (Wildman–Crippen MR) is 99.2 cm³/mol. The molecule has 0 unspecified atom stereocenters. The molecule has 0 saturated carbocycles. The molecular formula is C19H19BrFNO3. The van der Waals surface area contributed by atoms with Crippen LogP contribution in [-0.4, -0.2) is 32.1 Å². The molecule has 0 bridgehead atoms. The van der Waals surface area contributed by atoms with Crippen LogP contribution < -0.4 is 9.47 Å². The van der Waals surface area contributed by atoms with E-state index in [4.69, 9.17) is 9.47 Å². The molecular weight excluding hydrogens is 389 g/mol. The summed E-state index contributed by atoms with van der Waals surface area (Å²) in [6.45, 7) is 0.291. The maximum Gasteiger partial charge on any atom is 0.246 e. The van der Waals surface area contributed by atoms with E-state index in [-0.39, 0.29) is 11.7 Å². The summed E-state index contributed by atoms with van der Waals surface area (Å²) in [5, 5.41) is 0. The monoisotopic (exact) mass is 407 g/mol. The van der Waals surface area contributed by atoms with E-state index in [2.05, 4.69) is 15.9 Å². The van der Waals surface area contributed by atoms with Crippen LogP contribution in [0.3, 0.4) is 0 Å². The van der Waals surface area contributed by atoms with Gasteiger partial charge in [-0.05, 0) is 42.0 Å². The number of methoxy groups -OCH3 is 2. The van der Waals surface area contributed by atoms with E-state index in [9.17, 15) is 9.18 Å². The van der Waals surface area contributed by atoms with Gasteiger partial charge in [-0.1, -0.05) is 22.0 Å². The number of likely N-dealkylation sites (N-methyl/N-ethyl adjacent to an activating group) is 1. The molecule has 132 valence electrons. The van der Waals surface area contributed by atoms with Crippen LogP contribution in [0.25, 0.3) is 6.08 Å². The smallest absolute Gasteiger partial charge is 0.246 e. The SMILES string of the molecule is COc1ccc(CN(C)C(=O)/C=C/c2cc(Br)ccc2OC)cc1F. The summed E-state index contributed by atoms with van der Waals surface area (Å²) in [5.41, 5.74) is 1.47. The summed E-state index contributed by atoms with van der Waals surface area (Å²) in [5.74, 6) is 0.208. The number of nitrogens with zero attached hydrogens (tertiary/aromatic N) is 1. The number of amides is 1. The molecule has 0 N–H and O–H groups in total. The van der Waals surface area contributed by atoms with Crippen LogP contribution in [0, 0.1) is 5.82 Å². The highest BCUT2D eigenvalue weighted by Crippen LogP contribution is 2.24. The van der Waals surface area contributed by atoms with Gasteiger partial charge >= 0.3 is 0 Å². The van der Waals surface area contributed by atoms with Crippen LogP contribution in [0.15, 0.2) is 46.9 Å². The number of ether oxygens (including phenoxy) is 2. The van der Waals surface area contributed by atoms with Crippen molar-refractivity contribution in [1.29, 1.82) is 0 Å². The van der Waals surface area contributed by atoms with Crippen molar-refractivity contribution in [3.8, 4) is 11.5 Å². The van der Waals surface area contributed by atoms with E-state index in [1.807, 2.05) is 18.2 Å². The first-order chi connectivity index (χ1) is 11.9. The molecule has 2 aromatic rings. The van der Waals surface area contributed by atoms with Gasteiger partial charge in [-0.2, -0.15) is 0 Å². The van der Waals surface area contributed by atoms with Crippen LogP contribution in [0.2, 0.25) is 0 Å². The Hall–Kier alpha value is -2.34. The van der Waals surface area contributed by atoms with Gasteiger partial charge in [0.15, 0.2) is 11.6 Å². The van der Waals surface area contributed by atoms with E-state index in [0.29, 0.717) is 17.9 Å². The quantitative estimate of drug-likeness (QED) is 0.670. The fraction of sp³-hybridized carbons (Fsp3) is 0.211. The maximum absolute atomic E-state index is 13.7. The van der Waals surface area contributed by atoms with Crippen molar-refractivity contribution in [3.05, 3.63) is 63.9 Å². The van der Waals surface area contributed by atoms with Crippen LogP contribution in [-0.2, 0) is 11.3 Å². The second kappa shape index (κ2) is 8.67. The number of carbonyl (C=O) groups excluding carboxylic acids is 1. The Kier molecular flexibility index (Phi) is 6.58. The Morgan fingerprint density at radius 1 is 1.16 bits per heavy atom. The standard InChI is InChI=1S/C19H19BrFNO3/c1-22(12-13-4-7-18(25-3)16(21)10-13)19(23)9-5-14-11-15(20)6-8-17(14)24-2/h4-11H,12H2,1-3H3/b9-5+. The largest absolute Gasteiger partial charge is 0.496 e. The number of hydrogen-bond donors (Lipinski definition) is 0. The molecule has 4 nitrogen and oxygen atoms in total. The fourth-order valence-corrected chi connectivity index (χ4v) is 2.66. The van der Waals surface area contributed by atoms with Crippen molar-refractivity contribution in [2.75, 3.05) is 21.3 Å². The Bertz CT molecular complexity index is 792. The lowest BCUT2D eigenvalue weighted by molar-refractivity contribution is -0.125. The van der Waals surface area contributed by atoms with E-state index >= 15 is 0 Å². The average Bonchev–Trinajstić information content (AvgIpc) is 2.59. The molecule has 0 aromatic heterocycles. The van der Waals surface area contributed by atoms with E-state index in [1.165, 1.54) is 24.2 Å². The Balaban J connectivity index is 2.07. The lowest BCUT2D eigenvalue weighted by Gasteiger charge is -2.16. The van der Waals surface area contributed by atoms with Crippen molar-refractivity contribution in [2.24, 2.45) is 0 Å². The molecule has 0 saturated heterocycles. The minimum absolute atomic E-state index is 0.180. The number of hydrogen-bond acceptors (Lipinski definition) is 3. The number of halogens is 2. The first-order valence-corrected chi connectivity index (χ1v) is 8.33. The summed E-state index contributed by atoms with van der Waals surface area (Å²) in [4.78, 5) is 13.8. The van der Waals surface area contributed by atoms with Crippen molar-refractivity contribution in [2.45, 2.75) is 6.54 Å². The fourth-order valence-electron chi connectivity index (χ4n) is 2.28. The molecule has 0 radical (unpaired) electrons. The first kappa shape index (κ1) is 19.0. The van der Waals surface area contributed by atoms with Gasteiger partial charge in [0.1, 0.15) is 5.75 Å². The van der Waals surface area contributed by atoms with Crippen molar-refractivity contribution < 1.29 is 18.7 Å². The van der Waals surface area contributed by atoms with Crippen LogP contribution in [0.1, 0.15) is 11.1 Å². The molecule has 0 atom stereocenters. The third-order valence-corrected chi connectivity index (χ3v) is 4.10.